The number of hydrogen-bond acceptors (Lipinski definition) is 7. The van der Waals surface area contributed by atoms with E-state index < -0.39 is 6.10 Å². The molecular formula is C13H20N6O. The van der Waals surface area contributed by atoms with Crippen molar-refractivity contribution in [3.05, 3.63) is 12.2 Å². The van der Waals surface area contributed by atoms with Crippen LogP contribution in [0.4, 0.5) is 11.6 Å². The summed E-state index contributed by atoms with van der Waals surface area (Å²) in [4.78, 5) is 17.2. The fourth-order valence-corrected chi connectivity index (χ4v) is 1.80. The quantitative estimate of drug-likeness (QED) is 0.732. The Morgan fingerprint density at radius 1 is 1.15 bits per heavy atom. The van der Waals surface area contributed by atoms with Crippen LogP contribution in [0, 0.1) is 6.92 Å². The van der Waals surface area contributed by atoms with Crippen LogP contribution in [-0.4, -0.2) is 44.2 Å². The third-order valence-corrected chi connectivity index (χ3v) is 2.70. The number of aromatic nitrogens is 4. The molecule has 0 bridgehead atoms. The van der Waals surface area contributed by atoms with Crippen molar-refractivity contribution < 1.29 is 5.11 Å². The van der Waals surface area contributed by atoms with Gasteiger partial charge in [-0.1, -0.05) is 6.92 Å². The fraction of sp³-hybridized carbons (Fsp3) is 0.538. The van der Waals surface area contributed by atoms with Crippen LogP contribution >= 0.6 is 0 Å². The summed E-state index contributed by atoms with van der Waals surface area (Å²) in [5.41, 5.74) is 1.35. The van der Waals surface area contributed by atoms with Crippen LogP contribution in [0.1, 0.15) is 26.1 Å². The fourth-order valence-electron chi connectivity index (χ4n) is 1.80. The summed E-state index contributed by atoms with van der Waals surface area (Å²) in [6.07, 6.45) is 2.04. The maximum Gasteiger partial charge on any atom is 0.156 e. The molecule has 2 aromatic heterocycles. The van der Waals surface area contributed by atoms with Crippen molar-refractivity contribution in [1.29, 1.82) is 0 Å². The minimum Gasteiger partial charge on any atom is -0.392 e. The van der Waals surface area contributed by atoms with E-state index in [1.54, 1.807) is 6.92 Å². The molecule has 1 atom stereocenters. The molecule has 0 aliphatic carbocycles. The summed E-state index contributed by atoms with van der Waals surface area (Å²) >= 11 is 0. The highest BCUT2D eigenvalue weighted by atomic mass is 16.3. The molecule has 0 saturated carbocycles. The molecule has 2 rings (SSSR count). The molecule has 0 aromatic carbocycles. The van der Waals surface area contributed by atoms with Gasteiger partial charge in [-0.05, 0) is 20.3 Å². The van der Waals surface area contributed by atoms with Crippen LogP contribution in [0.2, 0.25) is 0 Å². The SMILES string of the molecule is CCCNc1ncnc2c(NCC(C)O)nc(C)nc12. The Hall–Kier alpha value is -2.02. The van der Waals surface area contributed by atoms with Gasteiger partial charge in [0.1, 0.15) is 23.2 Å². The third-order valence-electron chi connectivity index (χ3n) is 2.70. The molecule has 0 radical (unpaired) electrons. The largest absolute Gasteiger partial charge is 0.392 e. The van der Waals surface area contributed by atoms with E-state index in [0.29, 0.717) is 35.0 Å². The first-order valence-corrected chi connectivity index (χ1v) is 6.77. The standard InChI is InChI=1S/C13H20N6O/c1-4-5-14-12-11-10(16-7-17-12)13(15-6-8(2)20)19-9(3)18-11/h7-8,20H,4-6H2,1-3H3,(H,14,16,17)(H,15,18,19). The first kappa shape index (κ1) is 14.4. The number of nitrogens with one attached hydrogen (secondary N) is 2. The molecule has 2 heterocycles. The Kier molecular flexibility index (Phi) is 4.62. The highest BCUT2D eigenvalue weighted by molar-refractivity contribution is 5.92. The van der Waals surface area contributed by atoms with Crippen LogP contribution < -0.4 is 10.6 Å². The average Bonchev–Trinajstić information content (AvgIpc) is 2.42. The highest BCUT2D eigenvalue weighted by Gasteiger charge is 2.12. The van der Waals surface area contributed by atoms with Crippen LogP contribution in [0.5, 0.6) is 0 Å². The van der Waals surface area contributed by atoms with E-state index in [0.717, 1.165) is 13.0 Å². The lowest BCUT2D eigenvalue weighted by atomic mass is 10.3. The highest BCUT2D eigenvalue weighted by Crippen LogP contribution is 2.22. The van der Waals surface area contributed by atoms with E-state index in [9.17, 15) is 5.11 Å². The lowest BCUT2D eigenvalue weighted by Crippen LogP contribution is -2.17. The predicted molar refractivity (Wildman–Crippen MR) is 78.8 cm³/mol. The van der Waals surface area contributed by atoms with Gasteiger partial charge in [-0.2, -0.15) is 0 Å². The van der Waals surface area contributed by atoms with Gasteiger partial charge in [-0.25, -0.2) is 19.9 Å². The maximum atomic E-state index is 9.37. The minimum atomic E-state index is -0.458. The van der Waals surface area contributed by atoms with Crippen molar-refractivity contribution >= 4 is 22.7 Å². The molecule has 108 valence electrons. The number of rotatable bonds is 6. The number of hydrogen-bond donors (Lipinski definition) is 3. The molecule has 0 aliphatic rings. The van der Waals surface area contributed by atoms with Crippen molar-refractivity contribution in [2.24, 2.45) is 0 Å². The smallest absolute Gasteiger partial charge is 0.156 e. The molecule has 20 heavy (non-hydrogen) atoms. The molecule has 0 amide bonds. The van der Waals surface area contributed by atoms with Gasteiger partial charge in [0.05, 0.1) is 6.10 Å². The number of aryl methyl sites for hydroxylation is 1. The van der Waals surface area contributed by atoms with Crippen LogP contribution in [0.15, 0.2) is 6.33 Å². The molecule has 3 N–H and O–H groups in total. The second-order valence-corrected chi connectivity index (χ2v) is 4.70. The van der Waals surface area contributed by atoms with Crippen LogP contribution in [0.3, 0.4) is 0 Å². The summed E-state index contributed by atoms with van der Waals surface area (Å²) in [7, 11) is 0. The average molecular weight is 276 g/mol. The molecule has 0 aliphatic heterocycles. The summed E-state index contributed by atoms with van der Waals surface area (Å²) in [5.74, 6) is 1.97. The Labute approximate surface area is 117 Å². The summed E-state index contributed by atoms with van der Waals surface area (Å²) in [6, 6.07) is 0. The zero-order valence-electron chi connectivity index (χ0n) is 12.0. The van der Waals surface area contributed by atoms with E-state index in [1.807, 2.05) is 6.92 Å². The van der Waals surface area contributed by atoms with Gasteiger partial charge < -0.3 is 15.7 Å². The Bertz CT molecular complexity index is 586. The molecule has 0 saturated heterocycles. The molecular weight excluding hydrogens is 256 g/mol. The number of nitrogens with zero attached hydrogens (tertiary/aromatic N) is 4. The monoisotopic (exact) mass is 276 g/mol. The summed E-state index contributed by atoms with van der Waals surface area (Å²) < 4.78 is 0. The van der Waals surface area contributed by atoms with Gasteiger partial charge in [-0.15, -0.1) is 0 Å². The van der Waals surface area contributed by atoms with Crippen molar-refractivity contribution in [3.8, 4) is 0 Å². The van der Waals surface area contributed by atoms with E-state index in [2.05, 4.69) is 37.5 Å². The van der Waals surface area contributed by atoms with Crippen LogP contribution in [-0.2, 0) is 0 Å². The number of aliphatic hydroxyl groups is 1. The van der Waals surface area contributed by atoms with E-state index >= 15 is 0 Å². The van der Waals surface area contributed by atoms with Gasteiger partial charge in [0.2, 0.25) is 0 Å². The number of fused-ring (bicyclic) bond motifs is 1. The Morgan fingerprint density at radius 2 is 1.95 bits per heavy atom. The molecule has 0 spiro atoms. The number of aliphatic hydroxyl groups excluding tert-OH is 1. The van der Waals surface area contributed by atoms with Gasteiger partial charge in [-0.3, -0.25) is 0 Å². The Morgan fingerprint density at radius 3 is 2.65 bits per heavy atom. The molecule has 1 unspecified atom stereocenters. The lowest BCUT2D eigenvalue weighted by Gasteiger charge is -2.12. The first-order valence-electron chi connectivity index (χ1n) is 6.77. The summed E-state index contributed by atoms with van der Waals surface area (Å²) in [5, 5.41) is 15.7. The topological polar surface area (TPSA) is 95.9 Å². The van der Waals surface area contributed by atoms with Gasteiger partial charge in [0.15, 0.2) is 11.6 Å². The normalized spacial score (nSPS) is 12.4. The third kappa shape index (κ3) is 3.30. The van der Waals surface area contributed by atoms with Gasteiger partial charge >= 0.3 is 0 Å². The van der Waals surface area contributed by atoms with Crippen LogP contribution in [0.25, 0.3) is 11.0 Å². The summed E-state index contributed by atoms with van der Waals surface area (Å²) in [6.45, 7) is 6.86. The second kappa shape index (κ2) is 6.42. The van der Waals surface area contributed by atoms with Gasteiger partial charge in [0.25, 0.3) is 0 Å². The van der Waals surface area contributed by atoms with Crippen molar-refractivity contribution in [1.82, 2.24) is 19.9 Å². The zero-order chi connectivity index (χ0) is 14.5. The van der Waals surface area contributed by atoms with Crippen molar-refractivity contribution in [2.75, 3.05) is 23.7 Å². The van der Waals surface area contributed by atoms with Crippen molar-refractivity contribution in [2.45, 2.75) is 33.3 Å². The second-order valence-electron chi connectivity index (χ2n) is 4.70. The van der Waals surface area contributed by atoms with E-state index in [4.69, 9.17) is 0 Å². The number of anilines is 2. The zero-order valence-corrected chi connectivity index (χ0v) is 12.0. The first-order chi connectivity index (χ1) is 9.61. The Balaban J connectivity index is 2.43. The predicted octanol–water partition coefficient (Wildman–Crippen LogP) is 1.34. The minimum absolute atomic E-state index is 0.410. The molecule has 2 aromatic rings. The molecule has 7 heteroatoms. The lowest BCUT2D eigenvalue weighted by molar-refractivity contribution is 0.208. The molecule has 0 fully saturated rings. The maximum absolute atomic E-state index is 9.37. The van der Waals surface area contributed by atoms with E-state index in [-0.39, 0.29) is 0 Å². The van der Waals surface area contributed by atoms with Crippen molar-refractivity contribution in [3.63, 3.8) is 0 Å². The molecule has 7 nitrogen and oxygen atoms in total. The van der Waals surface area contributed by atoms with Gasteiger partial charge in [0, 0.05) is 13.1 Å². The van der Waals surface area contributed by atoms with E-state index in [1.165, 1.54) is 6.33 Å².